The van der Waals surface area contributed by atoms with E-state index in [0.29, 0.717) is 25.3 Å². The highest BCUT2D eigenvalue weighted by atomic mass is 19.1. The molecule has 0 aliphatic heterocycles. The molecule has 0 unspecified atom stereocenters. The smallest absolute Gasteiger partial charge is 0.239 e. The van der Waals surface area contributed by atoms with Crippen molar-refractivity contribution in [2.24, 2.45) is 0 Å². The summed E-state index contributed by atoms with van der Waals surface area (Å²) in [5.41, 5.74) is 3.33. The number of methoxy groups -OCH3 is 1. The number of amides is 2. The summed E-state index contributed by atoms with van der Waals surface area (Å²) in [6, 6.07) is 5.82. The molecule has 0 atom stereocenters. The summed E-state index contributed by atoms with van der Waals surface area (Å²) in [4.78, 5) is 23.9. The van der Waals surface area contributed by atoms with E-state index in [2.05, 4.69) is 15.7 Å². The Bertz CT molecular complexity index is 804. The van der Waals surface area contributed by atoms with Crippen LogP contribution in [0.2, 0.25) is 0 Å². The highest BCUT2D eigenvalue weighted by Crippen LogP contribution is 2.12. The lowest BCUT2D eigenvalue weighted by Crippen LogP contribution is -2.37. The molecule has 1 heterocycles. The summed E-state index contributed by atoms with van der Waals surface area (Å²) < 4.78 is 20.0. The summed E-state index contributed by atoms with van der Waals surface area (Å²) in [6.07, 6.45) is 0.0233. The number of ether oxygens (including phenoxy) is 1. The summed E-state index contributed by atoms with van der Waals surface area (Å²) in [7, 11) is 1.63. The van der Waals surface area contributed by atoms with Crippen molar-refractivity contribution in [3.05, 3.63) is 52.6 Å². The van der Waals surface area contributed by atoms with Crippen molar-refractivity contribution in [2.45, 2.75) is 33.4 Å². The molecule has 0 aliphatic carbocycles. The average molecular weight is 376 g/mol. The number of hydrogen-bond acceptors (Lipinski definition) is 4. The van der Waals surface area contributed by atoms with Crippen LogP contribution in [0.5, 0.6) is 0 Å². The van der Waals surface area contributed by atoms with E-state index >= 15 is 0 Å². The van der Waals surface area contributed by atoms with E-state index in [1.165, 1.54) is 12.1 Å². The van der Waals surface area contributed by atoms with Crippen LogP contribution in [0.25, 0.3) is 0 Å². The van der Waals surface area contributed by atoms with Crippen LogP contribution < -0.4 is 10.6 Å². The molecular weight excluding hydrogens is 351 g/mol. The number of aromatic nitrogens is 2. The fourth-order valence-corrected chi connectivity index (χ4v) is 2.71. The molecule has 7 nitrogen and oxygen atoms in total. The standard InChI is InChI=1S/C19H25FN4O3/c1-13-17(14(2)24(23-13)7-8-27-3)11-21-19(26)12-22-18(25)10-15-5-4-6-16(20)9-15/h4-6,9H,7-8,10-12H2,1-3H3,(H,21,26)(H,22,25). The first-order valence-corrected chi connectivity index (χ1v) is 8.70. The Hall–Kier alpha value is -2.74. The third-order valence-corrected chi connectivity index (χ3v) is 4.20. The molecule has 0 fully saturated rings. The van der Waals surface area contributed by atoms with Gasteiger partial charge in [-0.15, -0.1) is 0 Å². The Kier molecular flexibility index (Phi) is 7.48. The van der Waals surface area contributed by atoms with Crippen molar-refractivity contribution in [3.63, 3.8) is 0 Å². The number of aryl methyl sites for hydroxylation is 1. The van der Waals surface area contributed by atoms with Gasteiger partial charge in [0.2, 0.25) is 11.8 Å². The minimum Gasteiger partial charge on any atom is -0.383 e. The number of carbonyl (C=O) groups is 2. The second-order valence-electron chi connectivity index (χ2n) is 6.23. The molecule has 0 saturated heterocycles. The zero-order chi connectivity index (χ0) is 19.8. The number of rotatable bonds is 9. The lowest BCUT2D eigenvalue weighted by Gasteiger charge is -2.08. The first-order valence-electron chi connectivity index (χ1n) is 8.70. The largest absolute Gasteiger partial charge is 0.383 e. The number of benzene rings is 1. The summed E-state index contributed by atoms with van der Waals surface area (Å²) in [5.74, 6) is -1.03. The van der Waals surface area contributed by atoms with Gasteiger partial charge in [0.25, 0.3) is 0 Å². The van der Waals surface area contributed by atoms with Crippen molar-refractivity contribution in [2.75, 3.05) is 20.3 Å². The van der Waals surface area contributed by atoms with E-state index in [4.69, 9.17) is 4.74 Å². The molecule has 27 heavy (non-hydrogen) atoms. The molecule has 0 radical (unpaired) electrons. The van der Waals surface area contributed by atoms with Gasteiger partial charge in [0.1, 0.15) is 5.82 Å². The third kappa shape index (κ3) is 6.18. The molecule has 0 saturated carbocycles. The van der Waals surface area contributed by atoms with Gasteiger partial charge < -0.3 is 15.4 Å². The molecule has 1 aromatic carbocycles. The van der Waals surface area contributed by atoms with Gasteiger partial charge in [-0.05, 0) is 31.5 Å². The molecule has 2 amide bonds. The second kappa shape index (κ2) is 9.82. The molecule has 1 aromatic heterocycles. The highest BCUT2D eigenvalue weighted by Gasteiger charge is 2.13. The first-order chi connectivity index (χ1) is 12.9. The topological polar surface area (TPSA) is 85.2 Å². The molecule has 8 heteroatoms. The van der Waals surface area contributed by atoms with Crippen LogP contribution in [0.1, 0.15) is 22.5 Å². The number of nitrogens with one attached hydrogen (secondary N) is 2. The van der Waals surface area contributed by atoms with E-state index < -0.39 is 5.82 Å². The zero-order valence-electron chi connectivity index (χ0n) is 15.8. The highest BCUT2D eigenvalue weighted by molar-refractivity contribution is 5.85. The average Bonchev–Trinajstić information content (AvgIpc) is 2.89. The first kappa shape index (κ1) is 20.6. The number of halogens is 1. The van der Waals surface area contributed by atoms with Crippen molar-refractivity contribution in [1.82, 2.24) is 20.4 Å². The minimum absolute atomic E-state index is 0.0233. The molecule has 0 bridgehead atoms. The van der Waals surface area contributed by atoms with E-state index in [1.807, 2.05) is 18.5 Å². The van der Waals surface area contributed by atoms with Crippen molar-refractivity contribution < 1.29 is 18.7 Å². The van der Waals surface area contributed by atoms with Crippen LogP contribution in [0, 0.1) is 19.7 Å². The Labute approximate surface area is 157 Å². The summed E-state index contributed by atoms with van der Waals surface area (Å²) in [6.45, 7) is 5.24. The van der Waals surface area contributed by atoms with Gasteiger partial charge in [0.05, 0.1) is 31.8 Å². The van der Waals surface area contributed by atoms with Crippen molar-refractivity contribution in [1.29, 1.82) is 0 Å². The molecular formula is C19H25FN4O3. The lowest BCUT2D eigenvalue weighted by molar-refractivity contribution is -0.125. The molecule has 146 valence electrons. The number of nitrogens with zero attached hydrogens (tertiary/aromatic N) is 2. The quantitative estimate of drug-likeness (QED) is 0.690. The van der Waals surface area contributed by atoms with E-state index in [9.17, 15) is 14.0 Å². The fraction of sp³-hybridized carbons (Fsp3) is 0.421. The van der Waals surface area contributed by atoms with Gasteiger partial charge in [-0.1, -0.05) is 12.1 Å². The van der Waals surface area contributed by atoms with Crippen LogP contribution >= 0.6 is 0 Å². The normalized spacial score (nSPS) is 10.7. The van der Waals surface area contributed by atoms with E-state index in [1.54, 1.807) is 19.2 Å². The van der Waals surface area contributed by atoms with Gasteiger partial charge >= 0.3 is 0 Å². The van der Waals surface area contributed by atoms with Gasteiger partial charge in [-0.3, -0.25) is 14.3 Å². The number of hydrogen-bond donors (Lipinski definition) is 2. The summed E-state index contributed by atoms with van der Waals surface area (Å²) >= 11 is 0. The monoisotopic (exact) mass is 376 g/mol. The minimum atomic E-state index is -0.394. The molecule has 0 aliphatic rings. The van der Waals surface area contributed by atoms with Crippen LogP contribution in [0.15, 0.2) is 24.3 Å². The Morgan fingerprint density at radius 3 is 2.70 bits per heavy atom. The van der Waals surface area contributed by atoms with Gasteiger partial charge in [0, 0.05) is 24.9 Å². The van der Waals surface area contributed by atoms with Gasteiger partial charge in [-0.2, -0.15) is 5.10 Å². The molecule has 0 spiro atoms. The van der Waals surface area contributed by atoms with Crippen molar-refractivity contribution in [3.8, 4) is 0 Å². The predicted molar refractivity (Wildman–Crippen MR) is 98.5 cm³/mol. The number of carbonyl (C=O) groups excluding carboxylic acids is 2. The van der Waals surface area contributed by atoms with Crippen LogP contribution in [-0.4, -0.2) is 41.9 Å². The molecule has 2 N–H and O–H groups in total. The maximum absolute atomic E-state index is 13.1. The SMILES string of the molecule is COCCn1nc(C)c(CNC(=O)CNC(=O)Cc2cccc(F)c2)c1C. The Morgan fingerprint density at radius 1 is 1.22 bits per heavy atom. The van der Waals surface area contributed by atoms with Gasteiger partial charge in [-0.25, -0.2) is 4.39 Å². The van der Waals surface area contributed by atoms with Crippen molar-refractivity contribution >= 4 is 11.8 Å². The van der Waals surface area contributed by atoms with E-state index in [-0.39, 0.29) is 24.8 Å². The maximum Gasteiger partial charge on any atom is 0.239 e. The molecule has 2 rings (SSSR count). The molecule has 2 aromatic rings. The third-order valence-electron chi connectivity index (χ3n) is 4.20. The maximum atomic E-state index is 13.1. The lowest BCUT2D eigenvalue weighted by atomic mass is 10.1. The van der Waals surface area contributed by atoms with Gasteiger partial charge in [0.15, 0.2) is 0 Å². The van der Waals surface area contributed by atoms with Crippen LogP contribution in [0.4, 0.5) is 4.39 Å². The fourth-order valence-electron chi connectivity index (χ4n) is 2.71. The summed E-state index contributed by atoms with van der Waals surface area (Å²) in [5, 5.41) is 9.76. The van der Waals surface area contributed by atoms with E-state index in [0.717, 1.165) is 17.0 Å². The second-order valence-corrected chi connectivity index (χ2v) is 6.23. The predicted octanol–water partition coefficient (Wildman–Crippen LogP) is 1.26. The Morgan fingerprint density at radius 2 is 2.00 bits per heavy atom. The Balaban J connectivity index is 1.79. The zero-order valence-corrected chi connectivity index (χ0v) is 15.8. The van der Waals surface area contributed by atoms with Crippen LogP contribution in [-0.2, 0) is 33.8 Å². The van der Waals surface area contributed by atoms with Crippen LogP contribution in [0.3, 0.4) is 0 Å².